The summed E-state index contributed by atoms with van der Waals surface area (Å²) in [4.78, 5) is 9.14. The molecule has 5 nitrogen and oxygen atoms in total. The fourth-order valence-corrected chi connectivity index (χ4v) is 3.49. The van der Waals surface area contributed by atoms with Crippen LogP contribution in [0, 0.1) is 6.92 Å². The molecule has 0 amide bonds. The van der Waals surface area contributed by atoms with Crippen molar-refractivity contribution in [3.05, 3.63) is 64.4 Å². The van der Waals surface area contributed by atoms with Gasteiger partial charge in [-0.25, -0.2) is 4.98 Å². The lowest BCUT2D eigenvalue weighted by Gasteiger charge is -2.07. The van der Waals surface area contributed by atoms with Gasteiger partial charge in [0, 0.05) is 10.6 Å². The summed E-state index contributed by atoms with van der Waals surface area (Å²) in [5.41, 5.74) is 4.01. The molecule has 4 rings (SSSR count). The van der Waals surface area contributed by atoms with E-state index >= 15 is 0 Å². The number of hydrogen-bond acceptors (Lipinski definition) is 4. The van der Waals surface area contributed by atoms with Gasteiger partial charge in [-0.1, -0.05) is 66.9 Å². The fraction of sp³-hybridized carbons (Fsp3) is 0.227. The first-order chi connectivity index (χ1) is 14.1. The molecule has 2 aromatic heterocycles. The molecule has 0 atom stereocenters. The largest absolute Gasteiger partial charge is 0.463 e. The Hall–Kier alpha value is -2.63. The molecular weight excluding hydrogens is 407 g/mol. The number of halogens is 2. The quantitative estimate of drug-likeness (QED) is 0.341. The number of hydrogen-bond donors (Lipinski definition) is 0. The monoisotopic (exact) mass is 426 g/mol. The van der Waals surface area contributed by atoms with Gasteiger partial charge in [0.05, 0.1) is 17.2 Å². The summed E-state index contributed by atoms with van der Waals surface area (Å²) in [6, 6.07) is 15.7. The van der Waals surface area contributed by atoms with Gasteiger partial charge < -0.3 is 4.74 Å². The van der Waals surface area contributed by atoms with Crippen LogP contribution in [-0.4, -0.2) is 26.2 Å². The molecule has 0 saturated heterocycles. The van der Waals surface area contributed by atoms with E-state index in [9.17, 15) is 0 Å². The van der Waals surface area contributed by atoms with Crippen LogP contribution in [0.15, 0.2) is 48.5 Å². The van der Waals surface area contributed by atoms with E-state index in [0.29, 0.717) is 34.1 Å². The lowest BCUT2D eigenvalue weighted by atomic mass is 10.0. The Morgan fingerprint density at radius 1 is 1.00 bits per heavy atom. The molecule has 0 aliphatic heterocycles. The van der Waals surface area contributed by atoms with E-state index in [1.807, 2.05) is 55.5 Å². The van der Waals surface area contributed by atoms with Gasteiger partial charge in [0.15, 0.2) is 5.65 Å². The summed E-state index contributed by atoms with van der Waals surface area (Å²) < 4.78 is 7.58. The van der Waals surface area contributed by atoms with Gasteiger partial charge in [-0.05, 0) is 37.1 Å². The molecule has 0 aliphatic rings. The molecule has 0 unspecified atom stereocenters. The van der Waals surface area contributed by atoms with Crippen LogP contribution in [0.3, 0.4) is 0 Å². The van der Waals surface area contributed by atoms with Gasteiger partial charge in [-0.2, -0.15) is 14.6 Å². The molecule has 2 heterocycles. The summed E-state index contributed by atoms with van der Waals surface area (Å²) in [5, 5.41) is 6.09. The highest BCUT2D eigenvalue weighted by Crippen LogP contribution is 2.38. The maximum Gasteiger partial charge on any atom is 0.321 e. The highest BCUT2D eigenvalue weighted by molar-refractivity contribution is 6.33. The third-order valence-electron chi connectivity index (χ3n) is 4.56. The number of aromatic nitrogens is 4. The van der Waals surface area contributed by atoms with Gasteiger partial charge in [0.1, 0.15) is 11.5 Å². The molecule has 0 bridgehead atoms. The average Bonchev–Trinajstić information content (AvgIpc) is 3.08. The number of aryl methyl sites for hydroxylation is 1. The van der Waals surface area contributed by atoms with E-state index in [-0.39, 0.29) is 0 Å². The van der Waals surface area contributed by atoms with E-state index in [1.165, 1.54) is 0 Å². The number of rotatable bonds is 6. The zero-order chi connectivity index (χ0) is 20.4. The van der Waals surface area contributed by atoms with Crippen molar-refractivity contribution < 1.29 is 4.74 Å². The molecule has 7 heteroatoms. The maximum atomic E-state index is 6.51. The minimum atomic E-state index is 0.425. The second kappa shape index (κ2) is 8.39. The Morgan fingerprint density at radius 2 is 1.76 bits per heavy atom. The number of fused-ring (bicyclic) bond motifs is 1. The van der Waals surface area contributed by atoms with Crippen molar-refractivity contribution in [3.8, 4) is 28.4 Å². The Morgan fingerprint density at radius 3 is 2.48 bits per heavy atom. The van der Waals surface area contributed by atoms with E-state index in [2.05, 4.69) is 16.9 Å². The lowest BCUT2D eigenvalue weighted by molar-refractivity contribution is 0.275. The Kier molecular flexibility index (Phi) is 5.69. The average molecular weight is 427 g/mol. The van der Waals surface area contributed by atoms with Crippen LogP contribution >= 0.6 is 23.2 Å². The van der Waals surface area contributed by atoms with Crippen LogP contribution in [0.5, 0.6) is 6.01 Å². The normalized spacial score (nSPS) is 11.2. The lowest BCUT2D eigenvalue weighted by Crippen LogP contribution is -2.07. The first-order valence-corrected chi connectivity index (χ1v) is 10.2. The van der Waals surface area contributed by atoms with Gasteiger partial charge >= 0.3 is 6.01 Å². The Balaban J connectivity index is 2.00. The standard InChI is InChI=1S/C22H20Cl2N4O/c1-3-4-13-29-22-26-14(2)25-21-19(15-9-11-16(23)12-10-15)20(27-28(21)22)17-7-5-6-8-18(17)24/h5-12H,3-4,13H2,1-2H3. The zero-order valence-electron chi connectivity index (χ0n) is 16.2. The fourth-order valence-electron chi connectivity index (χ4n) is 3.14. The predicted octanol–water partition coefficient (Wildman–Crippen LogP) is 6.25. The highest BCUT2D eigenvalue weighted by Gasteiger charge is 2.22. The van der Waals surface area contributed by atoms with Crippen molar-refractivity contribution in [2.24, 2.45) is 0 Å². The van der Waals surface area contributed by atoms with Crippen LogP contribution in [0.25, 0.3) is 28.0 Å². The third kappa shape index (κ3) is 3.93. The molecule has 0 fully saturated rings. The minimum Gasteiger partial charge on any atom is -0.463 e. The van der Waals surface area contributed by atoms with Crippen molar-refractivity contribution in [3.63, 3.8) is 0 Å². The summed E-state index contributed by atoms with van der Waals surface area (Å²) in [7, 11) is 0. The van der Waals surface area contributed by atoms with Crippen LogP contribution in [0.4, 0.5) is 0 Å². The number of ether oxygens (including phenoxy) is 1. The molecule has 148 valence electrons. The van der Waals surface area contributed by atoms with E-state index in [4.69, 9.17) is 33.0 Å². The van der Waals surface area contributed by atoms with Gasteiger partial charge in [-0.3, -0.25) is 0 Å². The minimum absolute atomic E-state index is 0.425. The molecule has 0 N–H and O–H groups in total. The van der Waals surface area contributed by atoms with Crippen LogP contribution in [-0.2, 0) is 0 Å². The molecule has 0 radical (unpaired) electrons. The van der Waals surface area contributed by atoms with E-state index < -0.39 is 0 Å². The second-order valence-corrected chi connectivity index (χ2v) is 7.54. The van der Waals surface area contributed by atoms with Gasteiger partial charge in [-0.15, -0.1) is 0 Å². The maximum absolute atomic E-state index is 6.51. The second-order valence-electron chi connectivity index (χ2n) is 6.70. The summed E-state index contributed by atoms with van der Waals surface area (Å²) in [6.45, 7) is 4.53. The van der Waals surface area contributed by atoms with Crippen LogP contribution in [0.2, 0.25) is 10.0 Å². The smallest absolute Gasteiger partial charge is 0.321 e. The Bertz CT molecular complexity index is 1160. The van der Waals surface area contributed by atoms with Crippen molar-refractivity contribution in [1.29, 1.82) is 0 Å². The predicted molar refractivity (Wildman–Crippen MR) is 117 cm³/mol. The van der Waals surface area contributed by atoms with Crippen LogP contribution in [0.1, 0.15) is 25.6 Å². The molecule has 29 heavy (non-hydrogen) atoms. The summed E-state index contributed by atoms with van der Waals surface area (Å²) in [5.74, 6) is 0.616. The molecule has 2 aromatic carbocycles. The first-order valence-electron chi connectivity index (χ1n) is 9.49. The zero-order valence-corrected chi connectivity index (χ0v) is 17.7. The van der Waals surface area contributed by atoms with Crippen molar-refractivity contribution in [2.45, 2.75) is 26.7 Å². The molecular formula is C22H20Cl2N4O. The van der Waals surface area contributed by atoms with Gasteiger partial charge in [0.25, 0.3) is 0 Å². The number of unbranched alkanes of at least 4 members (excludes halogenated alkanes) is 1. The van der Waals surface area contributed by atoms with Crippen molar-refractivity contribution in [2.75, 3.05) is 6.61 Å². The first kappa shape index (κ1) is 19.7. The Labute approximate surface area is 179 Å². The molecule has 4 aromatic rings. The van der Waals surface area contributed by atoms with Gasteiger partial charge in [0.2, 0.25) is 0 Å². The molecule has 0 aliphatic carbocycles. The van der Waals surface area contributed by atoms with Crippen molar-refractivity contribution >= 4 is 28.8 Å². The van der Waals surface area contributed by atoms with Crippen molar-refractivity contribution in [1.82, 2.24) is 19.6 Å². The summed E-state index contributed by atoms with van der Waals surface area (Å²) >= 11 is 12.6. The van der Waals surface area contributed by atoms with E-state index in [1.54, 1.807) is 4.52 Å². The summed E-state index contributed by atoms with van der Waals surface area (Å²) in [6.07, 6.45) is 1.97. The highest BCUT2D eigenvalue weighted by atomic mass is 35.5. The number of nitrogens with zero attached hydrogens (tertiary/aromatic N) is 4. The van der Waals surface area contributed by atoms with E-state index in [0.717, 1.165) is 35.2 Å². The molecule has 0 saturated carbocycles. The molecule has 0 spiro atoms. The number of benzene rings is 2. The third-order valence-corrected chi connectivity index (χ3v) is 5.14. The van der Waals surface area contributed by atoms with Crippen LogP contribution < -0.4 is 4.74 Å². The SMILES string of the molecule is CCCCOc1nc(C)nc2c(-c3ccc(Cl)cc3)c(-c3ccccc3Cl)nn12. The topological polar surface area (TPSA) is 52.3 Å².